The molecule has 0 saturated carbocycles. The summed E-state index contributed by atoms with van der Waals surface area (Å²) in [6.07, 6.45) is 1.97. The average molecular weight is 331 g/mol. The Balaban J connectivity index is 1.71. The van der Waals surface area contributed by atoms with Gasteiger partial charge in [0, 0.05) is 6.08 Å². The number of fused-ring (bicyclic) bond motifs is 3. The number of anilines is 1. The molecule has 5 heteroatoms. The first-order valence-corrected chi connectivity index (χ1v) is 8.25. The van der Waals surface area contributed by atoms with Crippen LogP contribution in [-0.2, 0) is 5.72 Å². The molecule has 1 N–H and O–H groups in total. The lowest BCUT2D eigenvalue weighted by Gasteiger charge is -2.31. The molecule has 1 spiro atoms. The standard InChI is InChI=1S/C20H17N3O2/c1-13-12-20(21-16-10-6-7-11-17(16)25-20)18-14(2)22-23(19(18)24-13)15-8-4-3-5-9-15/h3-12,21H,1-2H3/t20-/m1/s1. The molecular weight excluding hydrogens is 314 g/mol. The Kier molecular flexibility index (Phi) is 2.77. The molecule has 124 valence electrons. The Morgan fingerprint density at radius 2 is 1.76 bits per heavy atom. The lowest BCUT2D eigenvalue weighted by molar-refractivity contribution is 0.153. The van der Waals surface area contributed by atoms with Gasteiger partial charge in [-0.1, -0.05) is 30.3 Å². The molecule has 0 aliphatic carbocycles. The number of hydrogen-bond donors (Lipinski definition) is 1. The van der Waals surface area contributed by atoms with Gasteiger partial charge >= 0.3 is 0 Å². The molecule has 0 unspecified atom stereocenters. The first-order chi connectivity index (χ1) is 12.2. The molecule has 25 heavy (non-hydrogen) atoms. The van der Waals surface area contributed by atoms with Crippen LogP contribution >= 0.6 is 0 Å². The van der Waals surface area contributed by atoms with Crippen molar-refractivity contribution in [2.24, 2.45) is 0 Å². The van der Waals surface area contributed by atoms with E-state index in [-0.39, 0.29) is 0 Å². The highest BCUT2D eigenvalue weighted by atomic mass is 16.5. The zero-order valence-corrected chi connectivity index (χ0v) is 14.0. The van der Waals surface area contributed by atoms with Crippen LogP contribution in [0.4, 0.5) is 5.69 Å². The number of aromatic nitrogens is 2. The molecule has 3 aromatic rings. The van der Waals surface area contributed by atoms with E-state index in [1.165, 1.54) is 0 Å². The van der Waals surface area contributed by atoms with Crippen molar-refractivity contribution in [3.8, 4) is 17.3 Å². The largest absolute Gasteiger partial charge is 0.458 e. The molecule has 2 aromatic carbocycles. The van der Waals surface area contributed by atoms with Gasteiger partial charge in [0.05, 0.1) is 17.1 Å². The van der Waals surface area contributed by atoms with E-state index in [0.717, 1.165) is 34.1 Å². The summed E-state index contributed by atoms with van der Waals surface area (Å²) in [6, 6.07) is 17.9. The molecule has 2 aliphatic rings. The van der Waals surface area contributed by atoms with E-state index in [9.17, 15) is 0 Å². The third kappa shape index (κ3) is 1.99. The zero-order chi connectivity index (χ0) is 17.0. The van der Waals surface area contributed by atoms with Gasteiger partial charge in [0.25, 0.3) is 0 Å². The van der Waals surface area contributed by atoms with Crippen LogP contribution in [0.1, 0.15) is 18.2 Å². The van der Waals surface area contributed by atoms with E-state index in [1.807, 2.05) is 79.2 Å². The van der Waals surface area contributed by atoms with E-state index in [1.54, 1.807) is 0 Å². The van der Waals surface area contributed by atoms with Gasteiger partial charge in [-0.3, -0.25) is 0 Å². The highest BCUT2D eigenvalue weighted by molar-refractivity contribution is 5.66. The number of allylic oxidation sites excluding steroid dienone is 1. The molecule has 1 atom stereocenters. The summed E-state index contributed by atoms with van der Waals surface area (Å²) in [4.78, 5) is 0. The summed E-state index contributed by atoms with van der Waals surface area (Å²) in [7, 11) is 0. The number of rotatable bonds is 1. The third-order valence-electron chi connectivity index (χ3n) is 4.53. The summed E-state index contributed by atoms with van der Waals surface area (Å²) >= 11 is 0. The zero-order valence-electron chi connectivity index (χ0n) is 14.0. The maximum absolute atomic E-state index is 6.34. The van der Waals surface area contributed by atoms with E-state index in [2.05, 4.69) is 5.32 Å². The van der Waals surface area contributed by atoms with Gasteiger partial charge in [0.15, 0.2) is 0 Å². The molecule has 5 rings (SSSR count). The number of nitrogens with zero attached hydrogens (tertiary/aromatic N) is 2. The summed E-state index contributed by atoms with van der Waals surface area (Å²) in [6.45, 7) is 3.91. The van der Waals surface area contributed by atoms with Crippen molar-refractivity contribution < 1.29 is 9.47 Å². The first-order valence-electron chi connectivity index (χ1n) is 8.25. The molecule has 0 radical (unpaired) electrons. The van der Waals surface area contributed by atoms with Crippen molar-refractivity contribution in [3.63, 3.8) is 0 Å². The fourth-order valence-electron chi connectivity index (χ4n) is 3.55. The third-order valence-corrected chi connectivity index (χ3v) is 4.53. The average Bonchev–Trinajstić information content (AvgIpc) is 3.13. The van der Waals surface area contributed by atoms with Crippen LogP contribution in [0.15, 0.2) is 66.4 Å². The van der Waals surface area contributed by atoms with E-state index >= 15 is 0 Å². The SMILES string of the molecule is CC1=C[C@]2(Nc3ccccc3O2)c2c(C)nn(-c3ccccc3)c2O1. The second-order valence-electron chi connectivity index (χ2n) is 6.33. The maximum Gasteiger partial charge on any atom is 0.237 e. The van der Waals surface area contributed by atoms with Crippen molar-refractivity contribution >= 4 is 5.69 Å². The molecule has 5 nitrogen and oxygen atoms in total. The van der Waals surface area contributed by atoms with Crippen molar-refractivity contribution in [1.29, 1.82) is 0 Å². The van der Waals surface area contributed by atoms with Crippen LogP contribution in [0.5, 0.6) is 11.6 Å². The second kappa shape index (κ2) is 4.89. The summed E-state index contributed by atoms with van der Waals surface area (Å²) < 4.78 is 14.2. The van der Waals surface area contributed by atoms with Gasteiger partial charge in [0.1, 0.15) is 17.1 Å². The quantitative estimate of drug-likeness (QED) is 0.728. The van der Waals surface area contributed by atoms with Crippen molar-refractivity contribution in [2.45, 2.75) is 19.6 Å². The monoisotopic (exact) mass is 331 g/mol. The van der Waals surface area contributed by atoms with Gasteiger partial charge in [-0.15, -0.1) is 0 Å². The normalized spacial score (nSPS) is 20.2. The maximum atomic E-state index is 6.34. The highest BCUT2D eigenvalue weighted by Gasteiger charge is 2.47. The van der Waals surface area contributed by atoms with Crippen LogP contribution in [0.25, 0.3) is 5.69 Å². The predicted octanol–water partition coefficient (Wildman–Crippen LogP) is 4.13. The van der Waals surface area contributed by atoms with Gasteiger partial charge in [-0.25, -0.2) is 4.68 Å². The molecule has 0 bridgehead atoms. The number of benzene rings is 2. The van der Waals surface area contributed by atoms with Crippen LogP contribution in [0, 0.1) is 6.92 Å². The second-order valence-corrected chi connectivity index (χ2v) is 6.33. The molecule has 1 aromatic heterocycles. The van der Waals surface area contributed by atoms with Crippen molar-refractivity contribution in [1.82, 2.24) is 9.78 Å². The predicted molar refractivity (Wildman–Crippen MR) is 95.1 cm³/mol. The molecular formula is C20H17N3O2. The van der Waals surface area contributed by atoms with E-state index < -0.39 is 5.72 Å². The Labute approximate surface area is 145 Å². The van der Waals surface area contributed by atoms with Crippen LogP contribution in [0.3, 0.4) is 0 Å². The van der Waals surface area contributed by atoms with Crippen LogP contribution in [-0.4, -0.2) is 9.78 Å². The van der Waals surface area contributed by atoms with E-state index in [0.29, 0.717) is 5.88 Å². The minimum absolute atomic E-state index is 0.684. The summed E-state index contributed by atoms with van der Waals surface area (Å²) in [5, 5.41) is 8.23. The lowest BCUT2D eigenvalue weighted by Crippen LogP contribution is -2.38. The van der Waals surface area contributed by atoms with Gasteiger partial charge in [0.2, 0.25) is 11.6 Å². The minimum atomic E-state index is -0.793. The topological polar surface area (TPSA) is 48.3 Å². The fourth-order valence-corrected chi connectivity index (χ4v) is 3.55. The molecule has 3 heterocycles. The number of ether oxygens (including phenoxy) is 2. The Morgan fingerprint density at radius 1 is 1.00 bits per heavy atom. The Morgan fingerprint density at radius 3 is 2.56 bits per heavy atom. The van der Waals surface area contributed by atoms with Crippen LogP contribution < -0.4 is 14.8 Å². The lowest BCUT2D eigenvalue weighted by atomic mass is 10.0. The number of nitrogens with one attached hydrogen (secondary N) is 1. The number of para-hydroxylation sites is 3. The van der Waals surface area contributed by atoms with Crippen LogP contribution in [0.2, 0.25) is 0 Å². The summed E-state index contributed by atoms with van der Waals surface area (Å²) in [5.74, 6) is 2.28. The number of aryl methyl sites for hydroxylation is 1. The molecule has 2 aliphatic heterocycles. The Hall–Kier alpha value is -3.21. The fraction of sp³-hybridized carbons (Fsp3) is 0.150. The van der Waals surface area contributed by atoms with Gasteiger partial charge < -0.3 is 14.8 Å². The van der Waals surface area contributed by atoms with Gasteiger partial charge in [-0.2, -0.15) is 5.10 Å². The Bertz CT molecular complexity index is 980. The van der Waals surface area contributed by atoms with Gasteiger partial charge in [-0.05, 0) is 38.1 Å². The molecule has 0 saturated heterocycles. The molecule has 0 amide bonds. The minimum Gasteiger partial charge on any atom is -0.458 e. The van der Waals surface area contributed by atoms with Crippen molar-refractivity contribution in [2.75, 3.05) is 5.32 Å². The summed E-state index contributed by atoms with van der Waals surface area (Å²) in [5.41, 5.74) is 2.89. The molecule has 0 fully saturated rings. The number of hydrogen-bond acceptors (Lipinski definition) is 4. The van der Waals surface area contributed by atoms with E-state index in [4.69, 9.17) is 14.6 Å². The smallest absolute Gasteiger partial charge is 0.237 e. The van der Waals surface area contributed by atoms with Crippen molar-refractivity contribution in [3.05, 3.63) is 77.7 Å². The first kappa shape index (κ1) is 14.2. The highest BCUT2D eigenvalue weighted by Crippen LogP contribution is 2.49.